The van der Waals surface area contributed by atoms with Crippen molar-refractivity contribution in [2.24, 2.45) is 0 Å². The summed E-state index contributed by atoms with van der Waals surface area (Å²) in [5, 5.41) is 0. The Balaban J connectivity index is 2.25. The first kappa shape index (κ1) is 12.6. The van der Waals surface area contributed by atoms with E-state index in [1.165, 1.54) is 25.4 Å². The zero-order valence-electron chi connectivity index (χ0n) is 9.35. The maximum atomic E-state index is 13.2. The fraction of sp³-hybridized carbons (Fsp3) is 0.0909. The zero-order valence-corrected chi connectivity index (χ0v) is 10.9. The molecular weight excluding hydrogens is 305 g/mol. The Morgan fingerprint density at radius 3 is 2.83 bits per heavy atom. The van der Waals surface area contributed by atoms with Gasteiger partial charge in [-0.25, -0.2) is 9.37 Å². The van der Waals surface area contributed by atoms with E-state index in [0.29, 0.717) is 10.4 Å². The highest BCUT2D eigenvalue weighted by atomic mass is 79.9. The maximum absolute atomic E-state index is 13.2. The van der Waals surface area contributed by atoms with Crippen molar-refractivity contribution in [3.63, 3.8) is 0 Å². The Morgan fingerprint density at radius 2 is 2.17 bits per heavy atom. The van der Waals surface area contributed by atoms with Crippen LogP contribution in [0.25, 0.3) is 0 Å². The molecule has 2 N–H and O–H groups in total. The summed E-state index contributed by atoms with van der Waals surface area (Å²) in [6.07, 6.45) is 1.48. The van der Waals surface area contributed by atoms with Gasteiger partial charge in [0.2, 0.25) is 5.88 Å². The molecule has 0 saturated heterocycles. The van der Waals surface area contributed by atoms with Crippen LogP contribution in [0.5, 0.6) is 17.6 Å². The molecule has 0 atom stereocenters. The highest BCUT2D eigenvalue weighted by Gasteiger charge is 2.08. The summed E-state index contributed by atoms with van der Waals surface area (Å²) in [5.41, 5.74) is 5.41. The molecule has 18 heavy (non-hydrogen) atoms. The normalized spacial score (nSPS) is 10.2. The molecule has 1 aromatic heterocycles. The lowest BCUT2D eigenvalue weighted by Crippen LogP contribution is -1.97. The van der Waals surface area contributed by atoms with Gasteiger partial charge in [-0.1, -0.05) is 0 Å². The summed E-state index contributed by atoms with van der Waals surface area (Å²) < 4.78 is 24.1. The molecule has 0 aliphatic carbocycles. The number of aromatic nitrogens is 2. The third-order valence-corrected chi connectivity index (χ3v) is 2.61. The van der Waals surface area contributed by atoms with Crippen LogP contribution in [0.15, 0.2) is 28.9 Å². The second kappa shape index (κ2) is 5.18. The van der Waals surface area contributed by atoms with Crippen LogP contribution in [0.4, 0.5) is 10.1 Å². The molecule has 0 spiro atoms. The number of hydrogen-bond acceptors (Lipinski definition) is 5. The van der Waals surface area contributed by atoms with Crippen LogP contribution in [0.1, 0.15) is 0 Å². The second-order valence-corrected chi connectivity index (χ2v) is 4.15. The van der Waals surface area contributed by atoms with E-state index < -0.39 is 5.82 Å². The third-order valence-electron chi connectivity index (χ3n) is 2.06. The molecule has 0 fully saturated rings. The van der Waals surface area contributed by atoms with E-state index in [1.807, 2.05) is 0 Å². The summed E-state index contributed by atoms with van der Waals surface area (Å²) in [7, 11) is 1.47. The Bertz CT molecular complexity index is 580. The predicted octanol–water partition coefficient (Wildman–Crippen LogP) is 2.76. The van der Waals surface area contributed by atoms with Crippen molar-refractivity contribution in [3.8, 4) is 17.6 Å². The molecule has 0 radical (unpaired) electrons. The Hall–Kier alpha value is -1.89. The van der Waals surface area contributed by atoms with Crippen LogP contribution in [-0.2, 0) is 0 Å². The van der Waals surface area contributed by atoms with Crippen molar-refractivity contribution >= 4 is 21.6 Å². The SMILES string of the molecule is COc1nc(Oc2ccc(N)c(F)c2)ncc1Br. The number of benzene rings is 1. The number of ether oxygens (including phenoxy) is 2. The lowest BCUT2D eigenvalue weighted by atomic mass is 10.3. The molecule has 5 nitrogen and oxygen atoms in total. The number of nitrogens with two attached hydrogens (primary N) is 1. The van der Waals surface area contributed by atoms with Crippen molar-refractivity contribution in [1.82, 2.24) is 9.97 Å². The molecule has 2 aromatic rings. The molecule has 0 unspecified atom stereocenters. The van der Waals surface area contributed by atoms with Crippen molar-refractivity contribution in [2.75, 3.05) is 12.8 Å². The third kappa shape index (κ3) is 2.67. The molecular formula is C11H9BrFN3O2. The Kier molecular flexibility index (Phi) is 3.61. The van der Waals surface area contributed by atoms with Crippen molar-refractivity contribution in [1.29, 1.82) is 0 Å². The quantitative estimate of drug-likeness (QED) is 0.882. The standard InChI is InChI=1S/C11H9BrFN3O2/c1-17-10-7(12)5-15-11(16-10)18-6-2-3-9(14)8(13)4-6/h2-5H,14H2,1H3. The van der Waals surface area contributed by atoms with Crippen LogP contribution in [0.2, 0.25) is 0 Å². The minimum absolute atomic E-state index is 0.0525. The number of halogens is 2. The van der Waals surface area contributed by atoms with E-state index >= 15 is 0 Å². The minimum Gasteiger partial charge on any atom is -0.480 e. The van der Waals surface area contributed by atoms with Gasteiger partial charge in [-0.05, 0) is 28.1 Å². The zero-order chi connectivity index (χ0) is 13.1. The van der Waals surface area contributed by atoms with Crippen LogP contribution >= 0.6 is 15.9 Å². The molecule has 7 heteroatoms. The number of hydrogen-bond donors (Lipinski definition) is 1. The van der Waals surface area contributed by atoms with Gasteiger partial charge in [0.25, 0.3) is 0 Å². The molecule has 1 heterocycles. The first-order valence-electron chi connectivity index (χ1n) is 4.89. The average Bonchev–Trinajstić information content (AvgIpc) is 2.36. The lowest BCUT2D eigenvalue weighted by Gasteiger charge is -2.06. The largest absolute Gasteiger partial charge is 0.480 e. The van der Waals surface area contributed by atoms with Crippen LogP contribution in [0.3, 0.4) is 0 Å². The first-order chi connectivity index (χ1) is 8.60. The number of anilines is 1. The predicted molar refractivity (Wildman–Crippen MR) is 67.2 cm³/mol. The minimum atomic E-state index is -0.559. The van der Waals surface area contributed by atoms with Crippen molar-refractivity contribution in [2.45, 2.75) is 0 Å². The maximum Gasteiger partial charge on any atom is 0.325 e. The highest BCUT2D eigenvalue weighted by Crippen LogP contribution is 2.26. The number of nitrogens with zero attached hydrogens (tertiary/aromatic N) is 2. The Labute approximate surface area is 111 Å². The van der Waals surface area contributed by atoms with Gasteiger partial charge >= 0.3 is 6.01 Å². The number of rotatable bonds is 3. The molecule has 94 valence electrons. The summed E-state index contributed by atoms with van der Waals surface area (Å²) in [6, 6.07) is 4.14. The monoisotopic (exact) mass is 313 g/mol. The number of methoxy groups -OCH3 is 1. The molecule has 0 bridgehead atoms. The van der Waals surface area contributed by atoms with Gasteiger partial charge in [-0.2, -0.15) is 4.98 Å². The summed E-state index contributed by atoms with van der Waals surface area (Å²) in [6.45, 7) is 0. The molecule has 1 aromatic carbocycles. The van der Waals surface area contributed by atoms with Gasteiger partial charge in [-0.15, -0.1) is 0 Å². The summed E-state index contributed by atoms with van der Waals surface area (Å²) in [4.78, 5) is 7.90. The van der Waals surface area contributed by atoms with Crippen molar-refractivity contribution < 1.29 is 13.9 Å². The summed E-state index contributed by atoms with van der Waals surface area (Å²) in [5.74, 6) is 0.0265. The fourth-order valence-electron chi connectivity index (χ4n) is 1.21. The van der Waals surface area contributed by atoms with Gasteiger partial charge in [0, 0.05) is 6.07 Å². The Morgan fingerprint density at radius 1 is 1.39 bits per heavy atom. The first-order valence-corrected chi connectivity index (χ1v) is 5.69. The topological polar surface area (TPSA) is 70.3 Å². The van der Waals surface area contributed by atoms with Gasteiger partial charge in [-0.3, -0.25) is 0 Å². The van der Waals surface area contributed by atoms with E-state index in [2.05, 4.69) is 25.9 Å². The van der Waals surface area contributed by atoms with Crippen molar-refractivity contribution in [3.05, 3.63) is 34.7 Å². The molecule has 0 saturated carbocycles. The van der Waals surface area contributed by atoms with Crippen LogP contribution in [0, 0.1) is 5.82 Å². The van der Waals surface area contributed by atoms with Gasteiger partial charge in [0.15, 0.2) is 0 Å². The number of nitrogen functional groups attached to an aromatic ring is 1. The van der Waals surface area contributed by atoms with Crippen LogP contribution < -0.4 is 15.2 Å². The van der Waals surface area contributed by atoms with Gasteiger partial charge < -0.3 is 15.2 Å². The van der Waals surface area contributed by atoms with Gasteiger partial charge in [0.05, 0.1) is 23.5 Å². The molecule has 0 aliphatic rings. The van der Waals surface area contributed by atoms with E-state index in [4.69, 9.17) is 15.2 Å². The smallest absolute Gasteiger partial charge is 0.325 e. The molecule has 0 amide bonds. The highest BCUT2D eigenvalue weighted by molar-refractivity contribution is 9.10. The van der Waals surface area contributed by atoms with E-state index in [0.717, 1.165) is 6.07 Å². The van der Waals surface area contributed by atoms with Crippen LogP contribution in [-0.4, -0.2) is 17.1 Å². The lowest BCUT2D eigenvalue weighted by molar-refractivity contribution is 0.373. The molecule has 0 aliphatic heterocycles. The van der Waals surface area contributed by atoms with E-state index in [-0.39, 0.29) is 17.4 Å². The second-order valence-electron chi connectivity index (χ2n) is 3.30. The van der Waals surface area contributed by atoms with Gasteiger partial charge in [0.1, 0.15) is 11.6 Å². The molecule has 2 rings (SSSR count). The fourth-order valence-corrected chi connectivity index (χ4v) is 1.56. The summed E-state index contributed by atoms with van der Waals surface area (Å²) >= 11 is 3.22. The average molecular weight is 314 g/mol. The van der Waals surface area contributed by atoms with E-state index in [9.17, 15) is 4.39 Å². The van der Waals surface area contributed by atoms with E-state index in [1.54, 1.807) is 0 Å².